The number of aromatic nitrogens is 2. The number of H-pyrrole nitrogens is 1. The molecule has 1 atom stereocenters. The maximum absolute atomic E-state index is 13.7. The molecule has 4 heteroatoms. The van der Waals surface area contributed by atoms with Crippen LogP contribution in [0, 0.1) is 11.2 Å². The molecule has 2 N–H and O–H groups in total. The van der Waals surface area contributed by atoms with Crippen molar-refractivity contribution in [3.8, 4) is 0 Å². The Morgan fingerprint density at radius 2 is 2.00 bits per heavy atom. The van der Waals surface area contributed by atoms with E-state index in [0.717, 1.165) is 57.2 Å². The second kappa shape index (κ2) is 6.14. The average Bonchev–Trinajstić information content (AvgIpc) is 3.00. The fourth-order valence-corrected chi connectivity index (χ4v) is 4.67. The highest BCUT2D eigenvalue weighted by Gasteiger charge is 2.35. The van der Waals surface area contributed by atoms with E-state index < -0.39 is 6.10 Å². The van der Waals surface area contributed by atoms with E-state index in [-0.39, 0.29) is 11.2 Å². The third-order valence-corrected chi connectivity index (χ3v) is 5.83. The standard InChI is InChI=1S/C24H23FN2O/c1-24(2)12-19-22(20(28)13-24)21-16-8-3-4-9-17(16)27-23(21)18(26-19)11-14-6-5-7-15(25)10-14/h3-10,20,27-28H,11-13H2,1-2H3. The molecule has 0 saturated carbocycles. The van der Waals surface area contributed by atoms with E-state index in [2.05, 4.69) is 24.9 Å². The number of rotatable bonds is 2. The monoisotopic (exact) mass is 374 g/mol. The summed E-state index contributed by atoms with van der Waals surface area (Å²) in [5.41, 5.74) is 5.69. The summed E-state index contributed by atoms with van der Waals surface area (Å²) in [5.74, 6) is -0.236. The Morgan fingerprint density at radius 1 is 1.18 bits per heavy atom. The summed E-state index contributed by atoms with van der Waals surface area (Å²) < 4.78 is 13.7. The van der Waals surface area contributed by atoms with Crippen LogP contribution in [0.15, 0.2) is 48.5 Å². The first kappa shape index (κ1) is 17.4. The summed E-state index contributed by atoms with van der Waals surface area (Å²) in [6.45, 7) is 4.35. The third-order valence-electron chi connectivity index (χ3n) is 5.83. The molecular formula is C24H23FN2O. The molecule has 28 heavy (non-hydrogen) atoms. The fourth-order valence-electron chi connectivity index (χ4n) is 4.67. The normalized spacial score (nSPS) is 18.5. The van der Waals surface area contributed by atoms with Crippen molar-refractivity contribution in [2.75, 3.05) is 0 Å². The molecule has 2 aromatic carbocycles. The van der Waals surface area contributed by atoms with E-state index in [1.54, 1.807) is 12.1 Å². The van der Waals surface area contributed by atoms with Crippen molar-refractivity contribution in [3.05, 3.63) is 76.9 Å². The quantitative estimate of drug-likeness (QED) is 0.490. The number of benzene rings is 2. The predicted octanol–water partition coefficient (Wildman–Crippen LogP) is 5.45. The molecule has 0 fully saturated rings. The SMILES string of the molecule is CC1(C)Cc2nc(Cc3cccc(F)c3)c3[nH]c4ccccc4c3c2C(O)C1. The lowest BCUT2D eigenvalue weighted by Gasteiger charge is -2.34. The van der Waals surface area contributed by atoms with Gasteiger partial charge in [-0.05, 0) is 42.0 Å². The molecule has 142 valence electrons. The maximum atomic E-state index is 13.7. The maximum Gasteiger partial charge on any atom is 0.123 e. The first-order chi connectivity index (χ1) is 13.4. The zero-order chi connectivity index (χ0) is 19.5. The zero-order valence-electron chi connectivity index (χ0n) is 16.1. The molecule has 2 aromatic heterocycles. The largest absolute Gasteiger partial charge is 0.388 e. The molecule has 1 unspecified atom stereocenters. The highest BCUT2D eigenvalue weighted by atomic mass is 19.1. The van der Waals surface area contributed by atoms with Crippen molar-refractivity contribution in [1.29, 1.82) is 0 Å². The van der Waals surface area contributed by atoms with Gasteiger partial charge in [0.15, 0.2) is 0 Å². The lowest BCUT2D eigenvalue weighted by molar-refractivity contribution is 0.0997. The van der Waals surface area contributed by atoms with Crippen molar-refractivity contribution in [2.24, 2.45) is 5.41 Å². The second-order valence-electron chi connectivity index (χ2n) is 8.71. The lowest BCUT2D eigenvalue weighted by atomic mass is 9.74. The number of nitrogens with one attached hydrogen (secondary N) is 1. The zero-order valence-corrected chi connectivity index (χ0v) is 16.1. The van der Waals surface area contributed by atoms with Crippen molar-refractivity contribution in [1.82, 2.24) is 9.97 Å². The van der Waals surface area contributed by atoms with Gasteiger partial charge < -0.3 is 10.1 Å². The van der Waals surface area contributed by atoms with Gasteiger partial charge in [0.2, 0.25) is 0 Å². The number of hydrogen-bond acceptors (Lipinski definition) is 2. The number of aromatic amines is 1. The van der Waals surface area contributed by atoms with E-state index in [1.807, 2.05) is 24.3 Å². The van der Waals surface area contributed by atoms with Crippen LogP contribution in [0.5, 0.6) is 0 Å². The van der Waals surface area contributed by atoms with Crippen LogP contribution in [0.3, 0.4) is 0 Å². The summed E-state index contributed by atoms with van der Waals surface area (Å²) in [5, 5.41) is 13.2. The summed E-state index contributed by atoms with van der Waals surface area (Å²) in [4.78, 5) is 8.50. The number of halogens is 1. The molecule has 1 aliphatic carbocycles. The molecule has 0 bridgehead atoms. The highest BCUT2D eigenvalue weighted by Crippen LogP contribution is 2.45. The van der Waals surface area contributed by atoms with E-state index in [0.29, 0.717) is 6.42 Å². The Hall–Kier alpha value is -2.72. The van der Waals surface area contributed by atoms with Crippen molar-refractivity contribution in [2.45, 2.75) is 39.2 Å². The molecule has 0 amide bonds. The van der Waals surface area contributed by atoms with Crippen LogP contribution in [-0.4, -0.2) is 15.1 Å². The van der Waals surface area contributed by atoms with Gasteiger partial charge in [-0.1, -0.05) is 44.2 Å². The fraction of sp³-hybridized carbons (Fsp3) is 0.292. The number of nitrogens with zero attached hydrogens (tertiary/aromatic N) is 1. The average molecular weight is 374 g/mol. The number of pyridine rings is 1. The lowest BCUT2D eigenvalue weighted by Crippen LogP contribution is -2.27. The van der Waals surface area contributed by atoms with Gasteiger partial charge >= 0.3 is 0 Å². The van der Waals surface area contributed by atoms with Crippen LogP contribution in [0.25, 0.3) is 21.8 Å². The Kier molecular flexibility index (Phi) is 3.81. The summed E-state index contributed by atoms with van der Waals surface area (Å²) in [7, 11) is 0. The van der Waals surface area contributed by atoms with Gasteiger partial charge in [-0.15, -0.1) is 0 Å². The number of hydrogen-bond donors (Lipinski definition) is 2. The van der Waals surface area contributed by atoms with Gasteiger partial charge in [0, 0.05) is 34.0 Å². The van der Waals surface area contributed by atoms with Gasteiger partial charge in [-0.25, -0.2) is 4.39 Å². The van der Waals surface area contributed by atoms with E-state index >= 15 is 0 Å². The molecule has 0 saturated heterocycles. The van der Waals surface area contributed by atoms with Crippen LogP contribution < -0.4 is 0 Å². The number of fused-ring (bicyclic) bond motifs is 5. The molecule has 3 nitrogen and oxygen atoms in total. The van der Waals surface area contributed by atoms with E-state index in [4.69, 9.17) is 4.98 Å². The van der Waals surface area contributed by atoms with Crippen molar-refractivity contribution in [3.63, 3.8) is 0 Å². The molecule has 2 heterocycles. The van der Waals surface area contributed by atoms with Crippen LogP contribution in [-0.2, 0) is 12.8 Å². The smallest absolute Gasteiger partial charge is 0.123 e. The second-order valence-corrected chi connectivity index (χ2v) is 8.71. The Bertz CT molecular complexity index is 1210. The number of aliphatic hydroxyl groups is 1. The molecule has 4 aromatic rings. The molecular weight excluding hydrogens is 351 g/mol. The van der Waals surface area contributed by atoms with Gasteiger partial charge in [-0.3, -0.25) is 4.98 Å². The molecule has 1 aliphatic rings. The van der Waals surface area contributed by atoms with Gasteiger partial charge in [0.25, 0.3) is 0 Å². The van der Waals surface area contributed by atoms with Crippen molar-refractivity contribution < 1.29 is 9.50 Å². The summed E-state index contributed by atoms with van der Waals surface area (Å²) in [6, 6.07) is 14.8. The molecule has 5 rings (SSSR count). The van der Waals surface area contributed by atoms with E-state index in [1.165, 1.54) is 6.07 Å². The minimum absolute atomic E-state index is 0.00463. The summed E-state index contributed by atoms with van der Waals surface area (Å²) in [6.07, 6.45) is 1.56. The highest BCUT2D eigenvalue weighted by molar-refractivity contribution is 6.10. The van der Waals surface area contributed by atoms with Crippen LogP contribution >= 0.6 is 0 Å². The number of para-hydroxylation sites is 1. The first-order valence-electron chi connectivity index (χ1n) is 9.76. The van der Waals surface area contributed by atoms with Crippen LogP contribution in [0.4, 0.5) is 4.39 Å². The first-order valence-corrected chi connectivity index (χ1v) is 9.76. The third kappa shape index (κ3) is 2.80. The molecule has 0 radical (unpaired) electrons. The molecule has 0 spiro atoms. The Labute approximate surface area is 163 Å². The Morgan fingerprint density at radius 3 is 2.82 bits per heavy atom. The van der Waals surface area contributed by atoms with Crippen molar-refractivity contribution >= 4 is 21.8 Å². The minimum Gasteiger partial charge on any atom is -0.388 e. The van der Waals surface area contributed by atoms with Gasteiger partial charge in [0.05, 0.1) is 17.3 Å². The predicted molar refractivity (Wildman–Crippen MR) is 110 cm³/mol. The van der Waals surface area contributed by atoms with E-state index in [9.17, 15) is 9.50 Å². The number of aliphatic hydroxyl groups excluding tert-OH is 1. The summed E-state index contributed by atoms with van der Waals surface area (Å²) >= 11 is 0. The van der Waals surface area contributed by atoms with Gasteiger partial charge in [-0.2, -0.15) is 0 Å². The van der Waals surface area contributed by atoms with Crippen LogP contribution in [0.2, 0.25) is 0 Å². The Balaban J connectivity index is 1.80. The van der Waals surface area contributed by atoms with Gasteiger partial charge in [0.1, 0.15) is 5.82 Å². The topological polar surface area (TPSA) is 48.9 Å². The van der Waals surface area contributed by atoms with Crippen LogP contribution in [0.1, 0.15) is 48.9 Å². The molecule has 0 aliphatic heterocycles. The minimum atomic E-state index is -0.531.